The molecule has 1 atom stereocenters. The highest BCUT2D eigenvalue weighted by Crippen LogP contribution is 2.44. The van der Waals surface area contributed by atoms with Gasteiger partial charge >= 0.3 is 0 Å². The average molecular weight is 376 g/mol. The molecule has 27 heavy (non-hydrogen) atoms. The molecule has 5 nitrogen and oxygen atoms in total. The minimum Gasteiger partial charge on any atom is -0.389 e. The van der Waals surface area contributed by atoms with E-state index in [1.54, 1.807) is 0 Å². The van der Waals surface area contributed by atoms with Gasteiger partial charge in [0, 0.05) is 35.8 Å². The molecule has 2 aromatic heterocycles. The fourth-order valence-corrected chi connectivity index (χ4v) is 5.54. The number of likely N-dealkylation sites (tertiary alicyclic amines) is 1. The maximum Gasteiger partial charge on any atom is 0.105 e. The molecule has 136 valence electrons. The Morgan fingerprint density at radius 3 is 2.93 bits per heavy atom. The predicted molar refractivity (Wildman–Crippen MR) is 107 cm³/mol. The van der Waals surface area contributed by atoms with E-state index >= 15 is 0 Å². The standard InChI is InChI=1S/C21H21N5S/c22-10-17-16-6-7-19-18(20(16)27-21(17)23)11-24-26(19)15-8-9-25(13-15)12-14-4-2-1-3-5-14/h1-5,11,15H,6-9,12-13,23H2. The summed E-state index contributed by atoms with van der Waals surface area (Å²) in [7, 11) is 0. The molecule has 0 bridgehead atoms. The average Bonchev–Trinajstić information content (AvgIpc) is 3.38. The smallest absolute Gasteiger partial charge is 0.105 e. The zero-order chi connectivity index (χ0) is 18.4. The van der Waals surface area contributed by atoms with Gasteiger partial charge in [-0.3, -0.25) is 9.58 Å². The third kappa shape index (κ3) is 2.75. The molecular formula is C21H21N5S. The van der Waals surface area contributed by atoms with Crippen molar-refractivity contribution < 1.29 is 0 Å². The monoisotopic (exact) mass is 375 g/mol. The second kappa shape index (κ2) is 6.52. The van der Waals surface area contributed by atoms with Crippen LogP contribution in [0.1, 0.15) is 34.8 Å². The molecule has 0 saturated carbocycles. The number of fused-ring (bicyclic) bond motifs is 3. The van der Waals surface area contributed by atoms with Gasteiger partial charge in [-0.05, 0) is 30.4 Å². The summed E-state index contributed by atoms with van der Waals surface area (Å²) in [5, 5.41) is 14.8. The van der Waals surface area contributed by atoms with Crippen molar-refractivity contribution in [3.05, 3.63) is 58.9 Å². The second-order valence-corrected chi connectivity index (χ2v) is 8.43. The number of nitriles is 1. The normalized spacial score (nSPS) is 18.9. The molecule has 1 aliphatic heterocycles. The van der Waals surface area contributed by atoms with E-state index in [1.165, 1.54) is 28.2 Å². The van der Waals surface area contributed by atoms with E-state index < -0.39 is 0 Å². The number of anilines is 1. The van der Waals surface area contributed by atoms with Crippen molar-refractivity contribution in [1.82, 2.24) is 14.7 Å². The van der Waals surface area contributed by atoms with Gasteiger partial charge in [-0.15, -0.1) is 11.3 Å². The molecule has 3 heterocycles. The van der Waals surface area contributed by atoms with Gasteiger partial charge in [0.15, 0.2) is 0 Å². The van der Waals surface area contributed by atoms with E-state index in [9.17, 15) is 5.26 Å². The van der Waals surface area contributed by atoms with E-state index in [0.29, 0.717) is 16.6 Å². The Morgan fingerprint density at radius 1 is 1.26 bits per heavy atom. The Balaban J connectivity index is 1.39. The minimum absolute atomic E-state index is 0.423. The summed E-state index contributed by atoms with van der Waals surface area (Å²) in [5.74, 6) is 0. The van der Waals surface area contributed by atoms with Gasteiger partial charge in [-0.2, -0.15) is 10.4 Å². The number of hydrogen-bond acceptors (Lipinski definition) is 5. The molecule has 2 aliphatic rings. The molecule has 1 aliphatic carbocycles. The first-order valence-corrected chi connectivity index (χ1v) is 10.2. The molecular weight excluding hydrogens is 354 g/mol. The summed E-state index contributed by atoms with van der Waals surface area (Å²) in [4.78, 5) is 3.66. The number of benzene rings is 1. The molecule has 1 unspecified atom stereocenters. The number of rotatable bonds is 3. The van der Waals surface area contributed by atoms with E-state index in [2.05, 4.69) is 46.0 Å². The van der Waals surface area contributed by atoms with Gasteiger partial charge in [0.25, 0.3) is 0 Å². The van der Waals surface area contributed by atoms with Crippen molar-refractivity contribution in [2.24, 2.45) is 0 Å². The van der Waals surface area contributed by atoms with Crippen LogP contribution in [0.15, 0.2) is 36.5 Å². The van der Waals surface area contributed by atoms with Gasteiger partial charge in [-0.1, -0.05) is 30.3 Å². The van der Waals surface area contributed by atoms with Gasteiger partial charge < -0.3 is 5.73 Å². The number of hydrogen-bond donors (Lipinski definition) is 1. The fraction of sp³-hybridized carbons (Fsp3) is 0.333. The molecule has 0 amide bonds. The summed E-state index contributed by atoms with van der Waals surface area (Å²) in [6, 6.07) is 13.4. The van der Waals surface area contributed by atoms with Crippen LogP contribution in [0.3, 0.4) is 0 Å². The van der Waals surface area contributed by atoms with Gasteiger partial charge in [-0.25, -0.2) is 0 Å². The van der Waals surface area contributed by atoms with Crippen LogP contribution in [0, 0.1) is 11.3 Å². The van der Waals surface area contributed by atoms with E-state index in [-0.39, 0.29) is 0 Å². The molecule has 2 N–H and O–H groups in total. The van der Waals surface area contributed by atoms with Crippen LogP contribution in [-0.4, -0.2) is 27.8 Å². The molecule has 3 aromatic rings. The minimum atomic E-state index is 0.423. The third-order valence-electron chi connectivity index (χ3n) is 5.74. The number of thiophene rings is 1. The van der Waals surface area contributed by atoms with Crippen molar-refractivity contribution in [2.75, 3.05) is 18.8 Å². The maximum atomic E-state index is 9.39. The largest absolute Gasteiger partial charge is 0.389 e. The Labute approximate surface area is 162 Å². The zero-order valence-electron chi connectivity index (χ0n) is 15.1. The van der Waals surface area contributed by atoms with Crippen molar-refractivity contribution in [1.29, 1.82) is 5.26 Å². The third-order valence-corrected chi connectivity index (χ3v) is 6.84. The Kier molecular flexibility index (Phi) is 4.00. The molecule has 1 saturated heterocycles. The molecule has 0 radical (unpaired) electrons. The highest BCUT2D eigenvalue weighted by molar-refractivity contribution is 7.19. The Morgan fingerprint density at radius 2 is 2.11 bits per heavy atom. The fourth-order valence-electron chi connectivity index (χ4n) is 4.45. The first-order valence-electron chi connectivity index (χ1n) is 9.39. The number of nitrogens with two attached hydrogens (primary N) is 1. The number of nitrogens with zero attached hydrogens (tertiary/aromatic N) is 4. The highest BCUT2D eigenvalue weighted by Gasteiger charge is 2.31. The van der Waals surface area contributed by atoms with Gasteiger partial charge in [0.2, 0.25) is 0 Å². The van der Waals surface area contributed by atoms with Crippen LogP contribution in [-0.2, 0) is 19.4 Å². The highest BCUT2D eigenvalue weighted by atomic mass is 32.1. The summed E-state index contributed by atoms with van der Waals surface area (Å²) in [6.07, 6.45) is 4.92. The van der Waals surface area contributed by atoms with Gasteiger partial charge in [0.05, 0.1) is 17.8 Å². The molecule has 6 heteroatoms. The molecule has 0 spiro atoms. The van der Waals surface area contributed by atoms with Crippen molar-refractivity contribution >= 4 is 16.3 Å². The molecule has 1 aromatic carbocycles. The lowest BCUT2D eigenvalue weighted by Gasteiger charge is -2.20. The van der Waals surface area contributed by atoms with Gasteiger partial charge in [0.1, 0.15) is 11.1 Å². The SMILES string of the molecule is N#Cc1c(N)sc2c1CCc1c-2cnn1C1CCN(Cc2ccccc2)C1. The van der Waals surface area contributed by atoms with Crippen molar-refractivity contribution in [3.8, 4) is 16.5 Å². The summed E-state index contributed by atoms with van der Waals surface area (Å²) < 4.78 is 2.24. The van der Waals surface area contributed by atoms with E-state index in [1.807, 2.05) is 6.20 Å². The summed E-state index contributed by atoms with van der Waals surface area (Å²) >= 11 is 1.53. The van der Waals surface area contributed by atoms with Crippen LogP contribution in [0.2, 0.25) is 0 Å². The van der Waals surface area contributed by atoms with Crippen LogP contribution >= 0.6 is 11.3 Å². The zero-order valence-corrected chi connectivity index (χ0v) is 15.9. The second-order valence-electron chi connectivity index (χ2n) is 7.37. The lowest BCUT2D eigenvalue weighted by Crippen LogP contribution is -2.22. The molecule has 1 fully saturated rings. The van der Waals surface area contributed by atoms with Crippen LogP contribution in [0.25, 0.3) is 10.4 Å². The van der Waals surface area contributed by atoms with E-state index in [4.69, 9.17) is 10.8 Å². The van der Waals surface area contributed by atoms with Crippen LogP contribution in [0.4, 0.5) is 5.00 Å². The van der Waals surface area contributed by atoms with Crippen molar-refractivity contribution in [2.45, 2.75) is 31.8 Å². The Bertz CT molecular complexity index is 1030. The van der Waals surface area contributed by atoms with Crippen molar-refractivity contribution in [3.63, 3.8) is 0 Å². The summed E-state index contributed by atoms with van der Waals surface area (Å²) in [6.45, 7) is 3.13. The lowest BCUT2D eigenvalue weighted by atomic mass is 9.94. The molecule has 5 rings (SSSR count). The number of nitrogen functional groups attached to an aromatic ring is 1. The first kappa shape index (κ1) is 16.5. The summed E-state index contributed by atoms with van der Waals surface area (Å²) in [5.41, 5.74) is 11.7. The lowest BCUT2D eigenvalue weighted by molar-refractivity contribution is 0.310. The van der Waals surface area contributed by atoms with E-state index in [0.717, 1.165) is 49.3 Å². The maximum absolute atomic E-state index is 9.39. The van der Waals surface area contributed by atoms with Crippen LogP contribution < -0.4 is 5.73 Å². The number of aromatic nitrogens is 2. The predicted octanol–water partition coefficient (Wildman–Crippen LogP) is 3.61. The van der Waals surface area contributed by atoms with Crippen LogP contribution in [0.5, 0.6) is 0 Å². The Hall–Kier alpha value is -2.62. The first-order chi connectivity index (χ1) is 13.2. The topological polar surface area (TPSA) is 70.9 Å². The quantitative estimate of drug-likeness (QED) is 0.759.